The molecule has 0 radical (unpaired) electrons. The zero-order valence-electron chi connectivity index (χ0n) is 8.77. The molecule has 0 amide bonds. The van der Waals surface area contributed by atoms with Crippen molar-refractivity contribution in [3.63, 3.8) is 0 Å². The predicted molar refractivity (Wildman–Crippen MR) is 54.4 cm³/mol. The maximum absolute atomic E-state index is 11.7. The van der Waals surface area contributed by atoms with Gasteiger partial charge in [-0.25, -0.2) is 0 Å². The van der Waals surface area contributed by atoms with Gasteiger partial charge < -0.3 is 4.74 Å². The monoisotopic (exact) mass is 207 g/mol. The molecule has 0 aliphatic heterocycles. The molecule has 1 heterocycles. The van der Waals surface area contributed by atoms with Gasteiger partial charge >= 0.3 is 5.97 Å². The maximum atomic E-state index is 11.7. The molecule has 80 valence electrons. The van der Waals surface area contributed by atoms with Crippen LogP contribution in [0.25, 0.3) is 0 Å². The number of ketones is 1. The Morgan fingerprint density at radius 3 is 2.80 bits per heavy atom. The SMILES string of the molecule is CCOC(=O)C(C)C(=O)c1cccnc1. The minimum absolute atomic E-state index is 0.262. The fourth-order valence-electron chi connectivity index (χ4n) is 1.13. The lowest BCUT2D eigenvalue weighted by atomic mass is 10.0. The van der Waals surface area contributed by atoms with E-state index in [1.165, 1.54) is 13.1 Å². The Balaban J connectivity index is 2.73. The van der Waals surface area contributed by atoms with Crippen LogP contribution in [0, 0.1) is 5.92 Å². The number of ether oxygens (including phenoxy) is 1. The van der Waals surface area contributed by atoms with Crippen LogP contribution < -0.4 is 0 Å². The molecule has 0 aliphatic carbocycles. The quantitative estimate of drug-likeness (QED) is 0.426. The van der Waals surface area contributed by atoms with Crippen LogP contribution in [0.2, 0.25) is 0 Å². The predicted octanol–water partition coefficient (Wildman–Crippen LogP) is 1.46. The summed E-state index contributed by atoms with van der Waals surface area (Å²) in [5.74, 6) is -1.53. The van der Waals surface area contributed by atoms with Gasteiger partial charge in [-0.1, -0.05) is 0 Å². The Morgan fingerprint density at radius 2 is 2.27 bits per heavy atom. The van der Waals surface area contributed by atoms with E-state index in [0.29, 0.717) is 5.56 Å². The van der Waals surface area contributed by atoms with Crippen LogP contribution >= 0.6 is 0 Å². The number of nitrogens with zero attached hydrogens (tertiary/aromatic N) is 1. The van der Waals surface area contributed by atoms with Gasteiger partial charge in [0.25, 0.3) is 0 Å². The average molecular weight is 207 g/mol. The number of aromatic nitrogens is 1. The van der Waals surface area contributed by atoms with Gasteiger partial charge in [0, 0.05) is 18.0 Å². The van der Waals surface area contributed by atoms with Crippen LogP contribution in [-0.4, -0.2) is 23.3 Å². The number of carbonyl (C=O) groups excluding carboxylic acids is 2. The molecule has 0 N–H and O–H groups in total. The molecular weight excluding hydrogens is 194 g/mol. The van der Waals surface area contributed by atoms with E-state index in [-0.39, 0.29) is 12.4 Å². The molecule has 1 rings (SSSR count). The zero-order chi connectivity index (χ0) is 11.3. The van der Waals surface area contributed by atoms with Crippen LogP contribution in [-0.2, 0) is 9.53 Å². The van der Waals surface area contributed by atoms with Crippen molar-refractivity contribution in [3.05, 3.63) is 30.1 Å². The number of hydrogen-bond acceptors (Lipinski definition) is 4. The third-order valence-electron chi connectivity index (χ3n) is 1.98. The van der Waals surface area contributed by atoms with Gasteiger partial charge in [0.05, 0.1) is 6.61 Å². The van der Waals surface area contributed by atoms with Gasteiger partial charge in [-0.2, -0.15) is 0 Å². The van der Waals surface area contributed by atoms with Crippen LogP contribution in [0.1, 0.15) is 24.2 Å². The molecule has 4 heteroatoms. The van der Waals surface area contributed by atoms with Crippen molar-refractivity contribution in [2.75, 3.05) is 6.61 Å². The first-order valence-electron chi connectivity index (χ1n) is 4.77. The minimum Gasteiger partial charge on any atom is -0.465 e. The second-order valence-electron chi connectivity index (χ2n) is 3.08. The fraction of sp³-hybridized carbons (Fsp3) is 0.364. The summed E-state index contributed by atoms with van der Waals surface area (Å²) in [6.45, 7) is 3.52. The molecule has 0 aromatic carbocycles. The van der Waals surface area contributed by atoms with Crippen molar-refractivity contribution >= 4 is 11.8 Å². The lowest BCUT2D eigenvalue weighted by Crippen LogP contribution is -2.23. The Bertz CT molecular complexity index is 348. The molecule has 0 fully saturated rings. The van der Waals surface area contributed by atoms with Crippen molar-refractivity contribution in [1.29, 1.82) is 0 Å². The van der Waals surface area contributed by atoms with Crippen molar-refractivity contribution < 1.29 is 14.3 Å². The number of pyridine rings is 1. The molecule has 15 heavy (non-hydrogen) atoms. The molecule has 1 unspecified atom stereocenters. The fourth-order valence-corrected chi connectivity index (χ4v) is 1.13. The van der Waals surface area contributed by atoms with E-state index in [1.807, 2.05) is 0 Å². The lowest BCUT2D eigenvalue weighted by molar-refractivity contribution is -0.145. The van der Waals surface area contributed by atoms with E-state index in [0.717, 1.165) is 0 Å². The minimum atomic E-state index is -0.769. The van der Waals surface area contributed by atoms with E-state index < -0.39 is 11.9 Å². The standard InChI is InChI=1S/C11H13NO3/c1-3-15-11(14)8(2)10(13)9-5-4-6-12-7-9/h4-8H,3H2,1-2H3. The summed E-state index contributed by atoms with van der Waals surface area (Å²) in [7, 11) is 0. The summed E-state index contributed by atoms with van der Waals surface area (Å²) in [6, 6.07) is 3.29. The normalized spacial score (nSPS) is 11.9. The smallest absolute Gasteiger partial charge is 0.316 e. The van der Waals surface area contributed by atoms with Gasteiger partial charge in [0.2, 0.25) is 0 Å². The summed E-state index contributed by atoms with van der Waals surface area (Å²) >= 11 is 0. The van der Waals surface area contributed by atoms with E-state index in [9.17, 15) is 9.59 Å². The van der Waals surface area contributed by atoms with Gasteiger partial charge in [0.15, 0.2) is 5.78 Å². The van der Waals surface area contributed by atoms with Crippen LogP contribution in [0.5, 0.6) is 0 Å². The third-order valence-corrected chi connectivity index (χ3v) is 1.98. The number of hydrogen-bond donors (Lipinski definition) is 0. The summed E-state index contributed by atoms with van der Waals surface area (Å²) < 4.78 is 4.77. The summed E-state index contributed by atoms with van der Waals surface area (Å²) in [4.78, 5) is 26.8. The van der Waals surface area contributed by atoms with Crippen molar-refractivity contribution in [1.82, 2.24) is 4.98 Å². The van der Waals surface area contributed by atoms with Crippen LogP contribution in [0.4, 0.5) is 0 Å². The van der Waals surface area contributed by atoms with E-state index in [4.69, 9.17) is 4.74 Å². The first-order chi connectivity index (χ1) is 7.16. The number of Topliss-reactive ketones (excluding diaryl/α,β-unsaturated/α-hetero) is 1. The topological polar surface area (TPSA) is 56.3 Å². The Labute approximate surface area is 88.3 Å². The molecule has 0 saturated carbocycles. The molecule has 1 aromatic rings. The first kappa shape index (κ1) is 11.4. The second-order valence-corrected chi connectivity index (χ2v) is 3.08. The van der Waals surface area contributed by atoms with Gasteiger partial charge in [-0.05, 0) is 26.0 Å². The molecular formula is C11H13NO3. The largest absolute Gasteiger partial charge is 0.465 e. The number of carbonyl (C=O) groups is 2. The third kappa shape index (κ3) is 2.87. The molecule has 0 bridgehead atoms. The zero-order valence-corrected chi connectivity index (χ0v) is 8.77. The highest BCUT2D eigenvalue weighted by Gasteiger charge is 2.23. The first-order valence-corrected chi connectivity index (χ1v) is 4.77. The molecule has 0 spiro atoms. The summed E-state index contributed by atoms with van der Waals surface area (Å²) in [5, 5.41) is 0. The molecule has 0 aliphatic rings. The van der Waals surface area contributed by atoms with Crippen molar-refractivity contribution in [3.8, 4) is 0 Å². The second kappa shape index (κ2) is 5.24. The van der Waals surface area contributed by atoms with Crippen LogP contribution in [0.3, 0.4) is 0 Å². The maximum Gasteiger partial charge on any atom is 0.316 e. The van der Waals surface area contributed by atoms with E-state index in [2.05, 4.69) is 4.98 Å². The van der Waals surface area contributed by atoms with Gasteiger partial charge in [-0.3, -0.25) is 14.6 Å². The molecule has 4 nitrogen and oxygen atoms in total. The van der Waals surface area contributed by atoms with Gasteiger partial charge in [-0.15, -0.1) is 0 Å². The number of esters is 1. The number of rotatable bonds is 4. The Hall–Kier alpha value is -1.71. The van der Waals surface area contributed by atoms with Crippen molar-refractivity contribution in [2.45, 2.75) is 13.8 Å². The molecule has 1 aromatic heterocycles. The molecule has 1 atom stereocenters. The van der Waals surface area contributed by atoms with Crippen molar-refractivity contribution in [2.24, 2.45) is 5.92 Å². The lowest BCUT2D eigenvalue weighted by Gasteiger charge is -2.08. The van der Waals surface area contributed by atoms with E-state index >= 15 is 0 Å². The van der Waals surface area contributed by atoms with Gasteiger partial charge in [0.1, 0.15) is 5.92 Å². The highest BCUT2D eigenvalue weighted by Crippen LogP contribution is 2.08. The highest BCUT2D eigenvalue weighted by atomic mass is 16.5. The molecule has 0 saturated heterocycles. The Kier molecular flexibility index (Phi) is 3.97. The van der Waals surface area contributed by atoms with Crippen LogP contribution in [0.15, 0.2) is 24.5 Å². The Morgan fingerprint density at radius 1 is 1.53 bits per heavy atom. The van der Waals surface area contributed by atoms with E-state index in [1.54, 1.807) is 25.3 Å². The summed E-state index contributed by atoms with van der Waals surface area (Å²) in [5.41, 5.74) is 0.429. The average Bonchev–Trinajstić information content (AvgIpc) is 2.28. The highest BCUT2D eigenvalue weighted by molar-refractivity contribution is 6.08. The summed E-state index contributed by atoms with van der Waals surface area (Å²) in [6.07, 6.45) is 3.02.